The smallest absolute Gasteiger partial charge is 0.179 e. The van der Waals surface area contributed by atoms with E-state index in [4.69, 9.17) is 39.9 Å². The maximum Gasteiger partial charge on any atom is 0.179 e. The normalized spacial score (nSPS) is 19.7. The molecule has 0 spiro atoms. The molecule has 11 heteroatoms. The summed E-state index contributed by atoms with van der Waals surface area (Å²) in [6.07, 6.45) is 0. The third-order valence-electron chi connectivity index (χ3n) is 7.28. The Bertz CT molecular complexity index is 1680. The van der Waals surface area contributed by atoms with Gasteiger partial charge in [0.05, 0.1) is 56.5 Å². The standard InChI is InChI=1S/C34H34N8S3/c1-32(2)17-43-29(40-32)23-13-7-10-20(35-23)26-16-27(21-11-8-14-24(36-21)30-41-33(3,4)18-44-30)39-28(38-26)22-12-9-15-25(37-22)31-42-34(5,6)19-45-31/h7-16H,17-19H2,1-6H3. The number of rotatable bonds is 6. The van der Waals surface area contributed by atoms with Crippen LogP contribution in [0.3, 0.4) is 0 Å². The third kappa shape index (κ3) is 6.62. The van der Waals surface area contributed by atoms with Gasteiger partial charge >= 0.3 is 0 Å². The minimum atomic E-state index is -0.108. The fourth-order valence-electron chi connectivity index (χ4n) is 5.04. The van der Waals surface area contributed by atoms with Crippen molar-refractivity contribution in [3.63, 3.8) is 0 Å². The van der Waals surface area contributed by atoms with E-state index in [1.165, 1.54) is 0 Å². The Hall–Kier alpha value is -3.41. The predicted molar refractivity (Wildman–Crippen MR) is 191 cm³/mol. The first-order valence-electron chi connectivity index (χ1n) is 14.9. The van der Waals surface area contributed by atoms with E-state index in [0.717, 1.165) is 60.9 Å². The lowest BCUT2D eigenvalue weighted by molar-refractivity contribution is 0.604. The average molecular weight is 651 g/mol. The summed E-state index contributed by atoms with van der Waals surface area (Å²) in [5, 5.41) is 2.85. The molecule has 0 aromatic carbocycles. The molecule has 228 valence electrons. The van der Waals surface area contributed by atoms with Crippen LogP contribution >= 0.6 is 35.3 Å². The van der Waals surface area contributed by atoms with Gasteiger partial charge in [-0.25, -0.2) is 24.9 Å². The zero-order valence-electron chi connectivity index (χ0n) is 26.2. The van der Waals surface area contributed by atoms with E-state index >= 15 is 0 Å². The van der Waals surface area contributed by atoms with Crippen molar-refractivity contribution in [3.8, 4) is 34.3 Å². The van der Waals surface area contributed by atoms with Gasteiger partial charge in [-0.3, -0.25) is 15.0 Å². The molecule has 7 rings (SSSR count). The van der Waals surface area contributed by atoms with Crippen molar-refractivity contribution >= 4 is 50.4 Å². The van der Waals surface area contributed by atoms with Gasteiger partial charge in [-0.15, -0.1) is 35.3 Å². The van der Waals surface area contributed by atoms with Gasteiger partial charge in [0.15, 0.2) is 5.82 Å². The molecule has 4 aromatic heterocycles. The van der Waals surface area contributed by atoms with E-state index in [1.54, 1.807) is 35.3 Å². The lowest BCUT2D eigenvalue weighted by Crippen LogP contribution is -2.15. The van der Waals surface area contributed by atoms with Gasteiger partial charge in [-0.05, 0) is 84.0 Å². The highest BCUT2D eigenvalue weighted by Gasteiger charge is 2.29. The molecule has 3 aliphatic rings. The Morgan fingerprint density at radius 1 is 0.422 bits per heavy atom. The van der Waals surface area contributed by atoms with Crippen LogP contribution < -0.4 is 0 Å². The van der Waals surface area contributed by atoms with Crippen LogP contribution in [0.2, 0.25) is 0 Å². The first kappa shape index (κ1) is 30.3. The monoisotopic (exact) mass is 650 g/mol. The van der Waals surface area contributed by atoms with E-state index in [-0.39, 0.29) is 16.6 Å². The second-order valence-corrected chi connectivity index (χ2v) is 16.1. The summed E-state index contributed by atoms with van der Waals surface area (Å²) >= 11 is 5.22. The van der Waals surface area contributed by atoms with Crippen LogP contribution in [0.1, 0.15) is 58.6 Å². The number of thioether (sulfide) groups is 3. The van der Waals surface area contributed by atoms with Gasteiger partial charge in [-0.2, -0.15) is 0 Å². The molecular weight excluding hydrogens is 617 g/mol. The highest BCUT2D eigenvalue weighted by molar-refractivity contribution is 8.15. The molecule has 7 heterocycles. The molecule has 4 aromatic rings. The van der Waals surface area contributed by atoms with Crippen molar-refractivity contribution < 1.29 is 0 Å². The van der Waals surface area contributed by atoms with E-state index in [2.05, 4.69) is 41.5 Å². The fraction of sp³-hybridized carbons (Fsp3) is 0.353. The highest BCUT2D eigenvalue weighted by atomic mass is 32.2. The van der Waals surface area contributed by atoms with Crippen LogP contribution in [0.5, 0.6) is 0 Å². The van der Waals surface area contributed by atoms with Crippen LogP contribution in [0, 0.1) is 0 Å². The van der Waals surface area contributed by atoms with Crippen molar-refractivity contribution in [2.45, 2.75) is 58.2 Å². The van der Waals surface area contributed by atoms with Crippen LogP contribution in [0.4, 0.5) is 0 Å². The topological polar surface area (TPSA) is 102 Å². The minimum Gasteiger partial charge on any atom is -0.269 e. The number of hydrogen-bond donors (Lipinski definition) is 0. The summed E-state index contributed by atoms with van der Waals surface area (Å²) in [6.45, 7) is 12.9. The quantitative estimate of drug-likeness (QED) is 0.212. The molecule has 0 aliphatic carbocycles. The van der Waals surface area contributed by atoms with E-state index in [9.17, 15) is 0 Å². The minimum absolute atomic E-state index is 0.103. The molecule has 0 saturated heterocycles. The Labute approximate surface area is 276 Å². The van der Waals surface area contributed by atoms with Crippen molar-refractivity contribution in [2.24, 2.45) is 15.0 Å². The molecular formula is C34H34N8S3. The molecule has 0 amide bonds. The lowest BCUT2D eigenvalue weighted by atomic mass is 10.1. The van der Waals surface area contributed by atoms with Crippen LogP contribution in [-0.2, 0) is 0 Å². The summed E-state index contributed by atoms with van der Waals surface area (Å²) in [5.74, 6) is 3.30. The molecule has 8 nitrogen and oxygen atoms in total. The van der Waals surface area contributed by atoms with E-state index < -0.39 is 0 Å². The summed E-state index contributed by atoms with van der Waals surface area (Å²) in [4.78, 5) is 39.8. The molecule has 3 aliphatic heterocycles. The van der Waals surface area contributed by atoms with E-state index in [1.807, 2.05) is 60.7 Å². The molecule has 0 radical (unpaired) electrons. The fourth-order valence-corrected chi connectivity index (χ4v) is 8.43. The number of nitrogens with zero attached hydrogens (tertiary/aromatic N) is 8. The molecule has 0 N–H and O–H groups in total. The van der Waals surface area contributed by atoms with Crippen molar-refractivity contribution in [1.29, 1.82) is 0 Å². The van der Waals surface area contributed by atoms with E-state index in [0.29, 0.717) is 22.9 Å². The SMILES string of the molecule is CC1(C)CSC(c2cccc(-c3cc(-c4cccc(C5=NC(C)(C)CS5)n4)nc(-c4cccc(C5=NC(C)(C)CS5)n4)n3)n2)=N1. The first-order chi connectivity index (χ1) is 21.4. The lowest BCUT2D eigenvalue weighted by Gasteiger charge is -2.11. The Morgan fingerprint density at radius 3 is 1.11 bits per heavy atom. The summed E-state index contributed by atoms with van der Waals surface area (Å²) < 4.78 is 0. The number of aliphatic imine (C=N–C) groups is 3. The zero-order valence-corrected chi connectivity index (χ0v) is 28.6. The maximum atomic E-state index is 5.03. The van der Waals surface area contributed by atoms with Gasteiger partial charge < -0.3 is 0 Å². The zero-order chi connectivity index (χ0) is 31.4. The Balaban J connectivity index is 1.34. The summed E-state index contributed by atoms with van der Waals surface area (Å²) in [5.41, 5.74) is 5.77. The molecule has 0 fully saturated rings. The second-order valence-electron chi connectivity index (χ2n) is 13.2. The van der Waals surface area contributed by atoms with Gasteiger partial charge in [0.2, 0.25) is 0 Å². The molecule has 45 heavy (non-hydrogen) atoms. The van der Waals surface area contributed by atoms with Crippen LogP contribution in [0.25, 0.3) is 34.3 Å². The number of aromatic nitrogens is 5. The van der Waals surface area contributed by atoms with Crippen molar-refractivity contribution in [1.82, 2.24) is 24.9 Å². The summed E-state index contributed by atoms with van der Waals surface area (Å²) in [7, 11) is 0. The molecule has 0 unspecified atom stereocenters. The molecule has 0 saturated carbocycles. The first-order valence-corrected chi connectivity index (χ1v) is 17.9. The van der Waals surface area contributed by atoms with Crippen LogP contribution in [0.15, 0.2) is 75.6 Å². The van der Waals surface area contributed by atoms with Crippen molar-refractivity contribution in [2.75, 3.05) is 17.3 Å². The molecule has 0 atom stereocenters. The number of hydrogen-bond acceptors (Lipinski definition) is 11. The Kier molecular flexibility index (Phi) is 7.69. The van der Waals surface area contributed by atoms with Gasteiger partial charge in [0, 0.05) is 17.3 Å². The third-order valence-corrected chi connectivity index (χ3v) is 11.6. The second kappa shape index (κ2) is 11.4. The highest BCUT2D eigenvalue weighted by Crippen LogP contribution is 2.34. The molecule has 0 bridgehead atoms. The Morgan fingerprint density at radius 2 is 0.756 bits per heavy atom. The number of pyridine rings is 3. The van der Waals surface area contributed by atoms with Crippen LogP contribution in [-0.4, -0.2) is 73.9 Å². The maximum absolute atomic E-state index is 5.03. The van der Waals surface area contributed by atoms with Gasteiger partial charge in [0.1, 0.15) is 20.8 Å². The largest absolute Gasteiger partial charge is 0.269 e. The summed E-state index contributed by atoms with van der Waals surface area (Å²) in [6, 6.07) is 19.9. The van der Waals surface area contributed by atoms with Gasteiger partial charge in [-0.1, -0.05) is 18.2 Å². The average Bonchev–Trinajstić information content (AvgIpc) is 3.71. The van der Waals surface area contributed by atoms with Crippen molar-refractivity contribution in [3.05, 3.63) is 77.7 Å². The predicted octanol–water partition coefficient (Wildman–Crippen LogP) is 7.48. The van der Waals surface area contributed by atoms with Gasteiger partial charge in [0.25, 0.3) is 0 Å².